The van der Waals surface area contributed by atoms with Crippen LogP contribution in [0.1, 0.15) is 31.0 Å². The zero-order valence-corrected chi connectivity index (χ0v) is 15.3. The Bertz CT molecular complexity index is 712. The van der Waals surface area contributed by atoms with Gasteiger partial charge in [0, 0.05) is 5.56 Å². The molecule has 0 aliphatic carbocycles. The Balaban J connectivity index is 2.05. The van der Waals surface area contributed by atoms with Gasteiger partial charge in [-0.1, -0.05) is 17.7 Å². The molecule has 0 aliphatic heterocycles. The first kappa shape index (κ1) is 18.6. The Morgan fingerprint density at radius 3 is 2.20 bits per heavy atom. The van der Waals surface area contributed by atoms with Crippen LogP contribution in [0.15, 0.2) is 42.5 Å². The number of ether oxygens (including phenoxy) is 3. The number of carbonyl (C=O) groups excluding carboxylic acids is 1. The number of carbonyl (C=O) groups is 1. The zero-order chi connectivity index (χ0) is 18.4. The first-order valence-electron chi connectivity index (χ1n) is 8.20. The number of hydrogen-bond donors (Lipinski definition) is 1. The van der Waals surface area contributed by atoms with Gasteiger partial charge in [-0.15, -0.1) is 0 Å². The first-order valence-corrected chi connectivity index (χ1v) is 8.20. The maximum atomic E-state index is 12.4. The highest BCUT2D eigenvalue weighted by Gasteiger charge is 2.20. The van der Waals surface area contributed by atoms with E-state index >= 15 is 0 Å². The summed E-state index contributed by atoms with van der Waals surface area (Å²) in [6.45, 7) is 5.63. The number of amides is 1. The summed E-state index contributed by atoms with van der Waals surface area (Å²) in [7, 11) is 3.20. The normalized spacial score (nSPS) is 12.8. The van der Waals surface area contributed by atoms with Gasteiger partial charge >= 0.3 is 0 Å². The van der Waals surface area contributed by atoms with Crippen molar-refractivity contribution in [3.63, 3.8) is 0 Å². The molecule has 0 aromatic heterocycles. The average molecular weight is 343 g/mol. The highest BCUT2D eigenvalue weighted by Crippen LogP contribution is 2.29. The Labute approximate surface area is 148 Å². The van der Waals surface area contributed by atoms with Crippen molar-refractivity contribution < 1.29 is 19.0 Å². The molecule has 0 fully saturated rings. The van der Waals surface area contributed by atoms with Crippen molar-refractivity contribution in [2.75, 3.05) is 14.2 Å². The molecule has 1 N–H and O–H groups in total. The maximum Gasteiger partial charge on any atom is 0.261 e. The van der Waals surface area contributed by atoms with Gasteiger partial charge in [0.15, 0.2) is 6.10 Å². The van der Waals surface area contributed by atoms with Gasteiger partial charge in [-0.05, 0) is 51.1 Å². The van der Waals surface area contributed by atoms with Gasteiger partial charge in [-0.25, -0.2) is 0 Å². The second-order valence-corrected chi connectivity index (χ2v) is 5.91. The minimum atomic E-state index is -0.609. The number of hydrogen-bond acceptors (Lipinski definition) is 4. The third-order valence-corrected chi connectivity index (χ3v) is 3.97. The molecule has 5 nitrogen and oxygen atoms in total. The van der Waals surface area contributed by atoms with Gasteiger partial charge in [0.2, 0.25) is 0 Å². The molecule has 2 aromatic rings. The van der Waals surface area contributed by atoms with Crippen LogP contribution in [0.2, 0.25) is 0 Å². The lowest BCUT2D eigenvalue weighted by Crippen LogP contribution is -2.37. The minimum Gasteiger partial charge on any atom is -0.497 e. The van der Waals surface area contributed by atoms with Crippen LogP contribution in [0, 0.1) is 6.92 Å². The fourth-order valence-corrected chi connectivity index (χ4v) is 2.46. The summed E-state index contributed by atoms with van der Waals surface area (Å²) < 4.78 is 16.3. The molecular weight excluding hydrogens is 318 g/mol. The number of aryl methyl sites for hydroxylation is 1. The number of methoxy groups -OCH3 is 2. The quantitative estimate of drug-likeness (QED) is 0.834. The molecule has 2 aromatic carbocycles. The van der Waals surface area contributed by atoms with E-state index in [9.17, 15) is 4.79 Å². The maximum absolute atomic E-state index is 12.4. The number of nitrogens with one attached hydrogen (secondary N) is 1. The highest BCUT2D eigenvalue weighted by atomic mass is 16.5. The highest BCUT2D eigenvalue weighted by molar-refractivity contribution is 5.81. The summed E-state index contributed by atoms with van der Waals surface area (Å²) in [5.74, 6) is 1.87. The van der Waals surface area contributed by atoms with E-state index in [2.05, 4.69) is 5.32 Å². The van der Waals surface area contributed by atoms with Gasteiger partial charge in [-0.2, -0.15) is 0 Å². The number of benzene rings is 2. The number of rotatable bonds is 7. The van der Waals surface area contributed by atoms with E-state index in [1.165, 1.54) is 0 Å². The van der Waals surface area contributed by atoms with Crippen LogP contribution in [-0.4, -0.2) is 26.2 Å². The largest absolute Gasteiger partial charge is 0.497 e. The lowest BCUT2D eigenvalue weighted by atomic mass is 10.1. The summed E-state index contributed by atoms with van der Waals surface area (Å²) in [5, 5.41) is 2.95. The Morgan fingerprint density at radius 2 is 1.60 bits per heavy atom. The van der Waals surface area contributed by atoms with E-state index in [-0.39, 0.29) is 11.9 Å². The van der Waals surface area contributed by atoms with E-state index < -0.39 is 6.10 Å². The molecule has 2 atom stereocenters. The average Bonchev–Trinajstić information content (AvgIpc) is 2.62. The molecule has 2 rings (SSSR count). The summed E-state index contributed by atoms with van der Waals surface area (Å²) in [6, 6.07) is 12.9. The van der Waals surface area contributed by atoms with E-state index in [1.807, 2.05) is 56.3 Å². The van der Waals surface area contributed by atoms with Crippen LogP contribution in [0.5, 0.6) is 17.2 Å². The van der Waals surface area contributed by atoms with Crippen LogP contribution < -0.4 is 19.5 Å². The minimum absolute atomic E-state index is 0.196. The van der Waals surface area contributed by atoms with Crippen LogP contribution in [0.25, 0.3) is 0 Å². The van der Waals surface area contributed by atoms with Gasteiger partial charge in [0.05, 0.1) is 20.3 Å². The predicted octanol–water partition coefficient (Wildman–Crippen LogP) is 3.66. The summed E-state index contributed by atoms with van der Waals surface area (Å²) >= 11 is 0. The first-order chi connectivity index (χ1) is 11.9. The fraction of sp³-hybridized carbons (Fsp3) is 0.350. The molecule has 0 spiro atoms. The molecule has 5 heteroatoms. The Kier molecular flexibility index (Phi) is 6.28. The fourth-order valence-electron chi connectivity index (χ4n) is 2.46. The standard InChI is InChI=1S/C20H25NO4/c1-13-6-8-16(9-7-13)25-15(3)20(22)21-14(2)18-12-17(23-4)10-11-19(18)24-5/h6-12,14-15H,1-5H3,(H,21,22)/t14-,15-/m1/s1. The molecule has 1 amide bonds. The van der Waals surface area contributed by atoms with Crippen molar-refractivity contribution in [1.29, 1.82) is 0 Å². The van der Waals surface area contributed by atoms with Crippen LogP contribution in [0.4, 0.5) is 0 Å². The molecule has 25 heavy (non-hydrogen) atoms. The van der Waals surface area contributed by atoms with Gasteiger partial charge < -0.3 is 19.5 Å². The monoisotopic (exact) mass is 343 g/mol. The second kappa shape index (κ2) is 8.42. The summed E-state index contributed by atoms with van der Waals surface area (Å²) in [5.41, 5.74) is 1.99. The molecule has 134 valence electrons. The smallest absolute Gasteiger partial charge is 0.261 e. The van der Waals surface area contributed by atoms with Crippen molar-refractivity contribution in [2.45, 2.75) is 32.9 Å². The topological polar surface area (TPSA) is 56.8 Å². The second-order valence-electron chi connectivity index (χ2n) is 5.91. The van der Waals surface area contributed by atoms with Crippen molar-refractivity contribution in [3.05, 3.63) is 53.6 Å². The molecular formula is C20H25NO4. The van der Waals surface area contributed by atoms with Crippen LogP contribution in [0.3, 0.4) is 0 Å². The molecule has 0 unspecified atom stereocenters. The molecule has 0 heterocycles. The Morgan fingerprint density at radius 1 is 0.960 bits per heavy atom. The third kappa shape index (κ3) is 4.89. The van der Waals surface area contributed by atoms with E-state index in [4.69, 9.17) is 14.2 Å². The third-order valence-electron chi connectivity index (χ3n) is 3.97. The van der Waals surface area contributed by atoms with E-state index in [1.54, 1.807) is 21.1 Å². The van der Waals surface area contributed by atoms with Crippen molar-refractivity contribution in [2.24, 2.45) is 0 Å². The molecule has 0 saturated carbocycles. The Hall–Kier alpha value is -2.69. The summed E-state index contributed by atoms with van der Waals surface area (Å²) in [4.78, 5) is 12.4. The van der Waals surface area contributed by atoms with Gasteiger partial charge in [0.25, 0.3) is 5.91 Å². The van der Waals surface area contributed by atoms with E-state index in [0.717, 1.165) is 11.1 Å². The molecule has 0 radical (unpaired) electrons. The molecule has 0 bridgehead atoms. The summed E-state index contributed by atoms with van der Waals surface area (Å²) in [6.07, 6.45) is -0.609. The van der Waals surface area contributed by atoms with E-state index in [0.29, 0.717) is 17.2 Å². The lowest BCUT2D eigenvalue weighted by Gasteiger charge is -2.21. The van der Waals surface area contributed by atoms with Crippen LogP contribution >= 0.6 is 0 Å². The van der Waals surface area contributed by atoms with Gasteiger partial charge in [0.1, 0.15) is 17.2 Å². The van der Waals surface area contributed by atoms with Gasteiger partial charge in [-0.3, -0.25) is 4.79 Å². The SMILES string of the molecule is COc1ccc(OC)c([C@@H](C)NC(=O)[C@@H](C)Oc2ccc(C)cc2)c1. The molecule has 0 saturated heterocycles. The van der Waals surface area contributed by atoms with Crippen molar-refractivity contribution in [3.8, 4) is 17.2 Å². The lowest BCUT2D eigenvalue weighted by molar-refractivity contribution is -0.127. The van der Waals surface area contributed by atoms with Crippen molar-refractivity contribution in [1.82, 2.24) is 5.32 Å². The predicted molar refractivity (Wildman–Crippen MR) is 97.4 cm³/mol. The zero-order valence-electron chi connectivity index (χ0n) is 15.3. The molecule has 0 aliphatic rings. The van der Waals surface area contributed by atoms with Crippen molar-refractivity contribution >= 4 is 5.91 Å². The van der Waals surface area contributed by atoms with Crippen LogP contribution in [-0.2, 0) is 4.79 Å².